The summed E-state index contributed by atoms with van der Waals surface area (Å²) in [5, 5.41) is 15.0. The van der Waals surface area contributed by atoms with Crippen LogP contribution in [-0.2, 0) is 9.59 Å². The molecule has 0 heterocycles. The third-order valence-corrected chi connectivity index (χ3v) is 5.28. The predicted molar refractivity (Wildman–Crippen MR) is 139 cm³/mol. The summed E-state index contributed by atoms with van der Waals surface area (Å²) in [6, 6.07) is 21.6. The number of carbonyl (C=O) groups is 2. The number of hydrogen-bond acceptors (Lipinski definition) is 5. The van der Waals surface area contributed by atoms with Gasteiger partial charge in [0.15, 0.2) is 18.1 Å². The highest BCUT2D eigenvalue weighted by atomic mass is 79.9. The highest BCUT2D eigenvalue weighted by Crippen LogP contribution is 2.37. The third-order valence-electron chi connectivity index (χ3n) is 4.69. The summed E-state index contributed by atoms with van der Waals surface area (Å²) < 4.78 is 12.0. The van der Waals surface area contributed by atoms with Gasteiger partial charge in [-0.3, -0.25) is 9.59 Å². The number of para-hydroxylation sites is 1. The Kier molecular flexibility index (Phi) is 9.04. The molecule has 3 rings (SSSR count). The van der Waals surface area contributed by atoms with Crippen molar-refractivity contribution in [3.63, 3.8) is 0 Å². The van der Waals surface area contributed by atoms with Crippen LogP contribution in [0.3, 0.4) is 0 Å². The maximum atomic E-state index is 12.5. The van der Waals surface area contributed by atoms with E-state index >= 15 is 0 Å². The minimum Gasteiger partial charge on any atom is -0.490 e. The minimum atomic E-state index is -0.527. The summed E-state index contributed by atoms with van der Waals surface area (Å²) in [6.45, 7) is 3.88. The quantitative estimate of drug-likeness (QED) is 0.270. The van der Waals surface area contributed by atoms with Crippen molar-refractivity contribution in [3.8, 4) is 17.6 Å². The van der Waals surface area contributed by atoms with E-state index in [-0.39, 0.29) is 18.1 Å². The molecular weight excluding hydrogens is 510 g/mol. The smallest absolute Gasteiger partial charge is 0.266 e. The second-order valence-corrected chi connectivity index (χ2v) is 8.31. The van der Waals surface area contributed by atoms with Gasteiger partial charge in [0.05, 0.1) is 11.1 Å². The lowest BCUT2D eigenvalue weighted by molar-refractivity contribution is -0.118. The van der Waals surface area contributed by atoms with E-state index < -0.39 is 5.91 Å². The Bertz CT molecular complexity index is 1280. The van der Waals surface area contributed by atoms with Crippen molar-refractivity contribution in [2.75, 3.05) is 23.8 Å². The summed E-state index contributed by atoms with van der Waals surface area (Å²) >= 11 is 3.45. The van der Waals surface area contributed by atoms with E-state index in [1.165, 1.54) is 6.08 Å². The molecule has 0 saturated heterocycles. The molecule has 8 heteroatoms. The van der Waals surface area contributed by atoms with E-state index in [2.05, 4.69) is 26.6 Å². The second kappa shape index (κ2) is 12.4. The molecule has 0 aliphatic rings. The summed E-state index contributed by atoms with van der Waals surface area (Å²) in [5.41, 5.74) is 2.78. The molecule has 2 N–H and O–H groups in total. The van der Waals surface area contributed by atoms with Crippen LogP contribution in [0.25, 0.3) is 6.08 Å². The first kappa shape index (κ1) is 25.5. The first-order valence-corrected chi connectivity index (χ1v) is 11.6. The van der Waals surface area contributed by atoms with Gasteiger partial charge in [0, 0.05) is 11.4 Å². The van der Waals surface area contributed by atoms with Crippen LogP contribution in [0.4, 0.5) is 11.4 Å². The van der Waals surface area contributed by atoms with Gasteiger partial charge in [0.25, 0.3) is 11.8 Å². The topological polar surface area (TPSA) is 100 Å². The van der Waals surface area contributed by atoms with Crippen LogP contribution in [0.15, 0.2) is 76.8 Å². The zero-order valence-electron chi connectivity index (χ0n) is 19.3. The summed E-state index contributed by atoms with van der Waals surface area (Å²) in [6.07, 6.45) is 1.46. The van der Waals surface area contributed by atoms with Gasteiger partial charge in [-0.1, -0.05) is 30.3 Å². The zero-order chi connectivity index (χ0) is 25.2. The first-order chi connectivity index (χ1) is 16.9. The van der Waals surface area contributed by atoms with Crippen molar-refractivity contribution in [3.05, 3.63) is 87.9 Å². The second-order valence-electron chi connectivity index (χ2n) is 7.46. The van der Waals surface area contributed by atoms with Crippen molar-refractivity contribution >= 4 is 45.2 Å². The number of rotatable bonds is 9. The Labute approximate surface area is 212 Å². The molecule has 0 spiro atoms. The first-order valence-electron chi connectivity index (χ1n) is 10.8. The molecule has 0 aliphatic heterocycles. The number of benzene rings is 3. The molecule has 0 fully saturated rings. The molecule has 0 saturated carbocycles. The van der Waals surface area contributed by atoms with E-state index in [1.807, 2.05) is 44.2 Å². The Balaban J connectivity index is 1.76. The van der Waals surface area contributed by atoms with Crippen LogP contribution in [0.1, 0.15) is 18.1 Å². The molecule has 35 heavy (non-hydrogen) atoms. The van der Waals surface area contributed by atoms with Gasteiger partial charge in [0.2, 0.25) is 0 Å². The Morgan fingerprint density at radius 1 is 1.00 bits per heavy atom. The largest absolute Gasteiger partial charge is 0.490 e. The van der Waals surface area contributed by atoms with Gasteiger partial charge < -0.3 is 20.1 Å². The van der Waals surface area contributed by atoms with Crippen LogP contribution >= 0.6 is 15.9 Å². The summed E-state index contributed by atoms with van der Waals surface area (Å²) in [7, 11) is 0. The predicted octanol–water partition coefficient (Wildman–Crippen LogP) is 5.72. The normalized spacial score (nSPS) is 10.7. The molecule has 2 amide bonds. The fourth-order valence-electron chi connectivity index (χ4n) is 3.17. The Morgan fingerprint density at radius 3 is 2.43 bits per heavy atom. The highest BCUT2D eigenvalue weighted by Gasteiger charge is 2.16. The van der Waals surface area contributed by atoms with E-state index in [9.17, 15) is 14.9 Å². The van der Waals surface area contributed by atoms with Crippen LogP contribution < -0.4 is 20.1 Å². The van der Waals surface area contributed by atoms with E-state index in [0.717, 1.165) is 5.56 Å². The number of nitrogens with one attached hydrogen (secondary N) is 2. The number of ether oxygens (including phenoxy) is 2. The SMILES string of the molecule is CCOc1cc(/C=C(\C#N)C(=O)Nc2ccccc2)cc(Br)c1OCC(=O)Nc1cccc(C)c1. The van der Waals surface area contributed by atoms with Gasteiger partial charge in [-0.15, -0.1) is 0 Å². The molecule has 3 aromatic carbocycles. The van der Waals surface area contributed by atoms with Crippen molar-refractivity contribution in [2.24, 2.45) is 0 Å². The Morgan fingerprint density at radius 2 is 1.74 bits per heavy atom. The average Bonchev–Trinajstić information content (AvgIpc) is 2.82. The molecule has 0 bridgehead atoms. The lowest BCUT2D eigenvalue weighted by Gasteiger charge is -2.15. The number of hydrogen-bond donors (Lipinski definition) is 2. The fraction of sp³-hybridized carbons (Fsp3) is 0.148. The monoisotopic (exact) mass is 533 g/mol. The summed E-state index contributed by atoms with van der Waals surface area (Å²) in [5.74, 6) is -0.132. The average molecular weight is 534 g/mol. The molecule has 3 aromatic rings. The third kappa shape index (κ3) is 7.45. The van der Waals surface area contributed by atoms with Crippen molar-refractivity contribution < 1.29 is 19.1 Å². The van der Waals surface area contributed by atoms with Gasteiger partial charge in [-0.05, 0) is 83.4 Å². The number of aryl methyl sites for hydroxylation is 1. The number of halogens is 1. The van der Waals surface area contributed by atoms with Crippen LogP contribution in [0.5, 0.6) is 11.5 Å². The van der Waals surface area contributed by atoms with E-state index in [4.69, 9.17) is 9.47 Å². The molecule has 178 valence electrons. The maximum Gasteiger partial charge on any atom is 0.266 e. The van der Waals surface area contributed by atoms with Gasteiger partial charge in [0.1, 0.15) is 11.6 Å². The molecular formula is C27H24BrN3O4. The molecule has 0 radical (unpaired) electrons. The van der Waals surface area contributed by atoms with Crippen molar-refractivity contribution in [1.82, 2.24) is 0 Å². The van der Waals surface area contributed by atoms with Crippen molar-refractivity contribution in [1.29, 1.82) is 5.26 Å². The van der Waals surface area contributed by atoms with E-state index in [1.54, 1.807) is 42.5 Å². The number of carbonyl (C=O) groups excluding carboxylic acids is 2. The standard InChI is InChI=1S/C27H24BrN3O4/c1-3-34-24-15-19(13-20(16-29)27(33)31-21-9-5-4-6-10-21)14-23(28)26(24)35-17-25(32)30-22-11-7-8-18(2)12-22/h4-15H,3,17H2,1-2H3,(H,30,32)(H,31,33)/b20-13+. The molecule has 0 unspecified atom stereocenters. The Hall–Kier alpha value is -4.09. The van der Waals surface area contributed by atoms with Gasteiger partial charge in [-0.2, -0.15) is 5.26 Å². The zero-order valence-corrected chi connectivity index (χ0v) is 20.9. The number of anilines is 2. The lowest BCUT2D eigenvalue weighted by atomic mass is 10.1. The fourth-order valence-corrected chi connectivity index (χ4v) is 3.74. The molecule has 0 aliphatic carbocycles. The summed E-state index contributed by atoms with van der Waals surface area (Å²) in [4.78, 5) is 24.9. The number of amides is 2. The highest BCUT2D eigenvalue weighted by molar-refractivity contribution is 9.10. The maximum absolute atomic E-state index is 12.5. The molecule has 0 atom stereocenters. The van der Waals surface area contributed by atoms with Crippen LogP contribution in [-0.4, -0.2) is 25.0 Å². The van der Waals surface area contributed by atoms with Gasteiger partial charge in [-0.25, -0.2) is 0 Å². The number of nitriles is 1. The lowest BCUT2D eigenvalue weighted by Crippen LogP contribution is -2.20. The minimum absolute atomic E-state index is 0.0746. The van der Waals surface area contributed by atoms with Crippen LogP contribution in [0.2, 0.25) is 0 Å². The molecule has 7 nitrogen and oxygen atoms in total. The van der Waals surface area contributed by atoms with Crippen molar-refractivity contribution in [2.45, 2.75) is 13.8 Å². The van der Waals surface area contributed by atoms with E-state index in [0.29, 0.717) is 39.5 Å². The molecule has 0 aromatic heterocycles. The van der Waals surface area contributed by atoms with Crippen LogP contribution in [0, 0.1) is 18.3 Å². The van der Waals surface area contributed by atoms with Gasteiger partial charge >= 0.3 is 0 Å². The number of nitrogens with zero attached hydrogens (tertiary/aromatic N) is 1.